The highest BCUT2D eigenvalue weighted by atomic mass is 35.5. The summed E-state index contributed by atoms with van der Waals surface area (Å²) in [5.74, 6) is 0.116. The van der Waals surface area contributed by atoms with Crippen LogP contribution < -0.4 is 5.32 Å². The minimum absolute atomic E-state index is 0.116. The standard InChI is InChI=1S/C13H16Cl2N2O/c14-10-4-5-11(15)12(8-10)16-9-13(18)17-6-2-1-3-7-17/h4-5,8,16H,1-3,6-7,9H2. The van der Waals surface area contributed by atoms with Gasteiger partial charge in [0.25, 0.3) is 0 Å². The Hall–Kier alpha value is -0.930. The maximum Gasteiger partial charge on any atom is 0.241 e. The van der Waals surface area contributed by atoms with Crippen LogP contribution in [0.25, 0.3) is 0 Å². The number of rotatable bonds is 3. The summed E-state index contributed by atoms with van der Waals surface area (Å²) in [4.78, 5) is 13.9. The Kier molecular flexibility index (Phi) is 4.72. The summed E-state index contributed by atoms with van der Waals surface area (Å²) in [5.41, 5.74) is 0.703. The maximum absolute atomic E-state index is 12.0. The van der Waals surface area contributed by atoms with Crippen LogP contribution in [-0.4, -0.2) is 30.4 Å². The average Bonchev–Trinajstić information content (AvgIpc) is 2.40. The van der Waals surface area contributed by atoms with Gasteiger partial charge < -0.3 is 10.2 Å². The Morgan fingerprint density at radius 2 is 1.94 bits per heavy atom. The fourth-order valence-corrected chi connectivity index (χ4v) is 2.42. The van der Waals surface area contributed by atoms with E-state index in [2.05, 4.69) is 5.32 Å². The Labute approximate surface area is 117 Å². The van der Waals surface area contributed by atoms with Crippen molar-refractivity contribution in [3.8, 4) is 0 Å². The number of amides is 1. The number of hydrogen-bond acceptors (Lipinski definition) is 2. The summed E-state index contributed by atoms with van der Waals surface area (Å²) < 4.78 is 0. The monoisotopic (exact) mass is 286 g/mol. The van der Waals surface area contributed by atoms with Crippen molar-refractivity contribution in [3.63, 3.8) is 0 Å². The van der Waals surface area contributed by atoms with Crippen molar-refractivity contribution >= 4 is 34.8 Å². The number of piperidine rings is 1. The number of anilines is 1. The lowest BCUT2D eigenvalue weighted by Gasteiger charge is -2.27. The Morgan fingerprint density at radius 3 is 2.67 bits per heavy atom. The smallest absolute Gasteiger partial charge is 0.241 e. The van der Waals surface area contributed by atoms with Crippen molar-refractivity contribution in [2.75, 3.05) is 25.0 Å². The molecule has 1 aromatic rings. The molecule has 0 atom stereocenters. The SMILES string of the molecule is O=C(CNc1cc(Cl)ccc1Cl)N1CCCCC1. The van der Waals surface area contributed by atoms with E-state index in [1.165, 1.54) is 6.42 Å². The van der Waals surface area contributed by atoms with Crippen LogP contribution in [0.4, 0.5) is 5.69 Å². The van der Waals surface area contributed by atoms with Crippen LogP contribution in [0.3, 0.4) is 0 Å². The zero-order valence-corrected chi connectivity index (χ0v) is 11.6. The molecule has 0 bridgehead atoms. The van der Waals surface area contributed by atoms with E-state index in [1.807, 2.05) is 4.90 Å². The molecule has 2 rings (SSSR count). The van der Waals surface area contributed by atoms with Crippen molar-refractivity contribution in [3.05, 3.63) is 28.2 Å². The molecule has 1 aliphatic rings. The van der Waals surface area contributed by atoms with Gasteiger partial charge in [-0.3, -0.25) is 4.79 Å². The molecule has 0 aliphatic carbocycles. The summed E-state index contributed by atoms with van der Waals surface area (Å²) >= 11 is 11.9. The molecule has 1 saturated heterocycles. The summed E-state index contributed by atoms with van der Waals surface area (Å²) in [6, 6.07) is 5.17. The van der Waals surface area contributed by atoms with Crippen LogP contribution in [0, 0.1) is 0 Å². The average molecular weight is 287 g/mol. The summed E-state index contributed by atoms with van der Waals surface area (Å²) in [6.07, 6.45) is 3.42. The van der Waals surface area contributed by atoms with E-state index in [0.717, 1.165) is 25.9 Å². The van der Waals surface area contributed by atoms with E-state index >= 15 is 0 Å². The fourth-order valence-electron chi connectivity index (χ4n) is 2.06. The molecule has 1 aromatic carbocycles. The highest BCUT2D eigenvalue weighted by Gasteiger charge is 2.16. The lowest BCUT2D eigenvalue weighted by molar-refractivity contribution is -0.130. The first-order valence-electron chi connectivity index (χ1n) is 6.13. The summed E-state index contributed by atoms with van der Waals surface area (Å²) in [5, 5.41) is 4.22. The van der Waals surface area contributed by atoms with Crippen LogP contribution in [0.2, 0.25) is 10.0 Å². The van der Waals surface area contributed by atoms with E-state index in [4.69, 9.17) is 23.2 Å². The molecule has 0 unspecified atom stereocenters. The zero-order chi connectivity index (χ0) is 13.0. The van der Waals surface area contributed by atoms with Crippen molar-refractivity contribution < 1.29 is 4.79 Å². The Balaban J connectivity index is 1.90. The van der Waals surface area contributed by atoms with Crippen molar-refractivity contribution in [2.45, 2.75) is 19.3 Å². The molecule has 1 amide bonds. The number of halogens is 2. The maximum atomic E-state index is 12.0. The molecule has 0 aromatic heterocycles. The normalized spacial score (nSPS) is 15.6. The Bertz CT molecular complexity index is 431. The first kappa shape index (κ1) is 13.5. The van der Waals surface area contributed by atoms with E-state index in [-0.39, 0.29) is 12.5 Å². The van der Waals surface area contributed by atoms with Crippen LogP contribution >= 0.6 is 23.2 Å². The number of carbonyl (C=O) groups excluding carboxylic acids is 1. The highest BCUT2D eigenvalue weighted by molar-refractivity contribution is 6.35. The van der Waals surface area contributed by atoms with E-state index in [1.54, 1.807) is 18.2 Å². The van der Waals surface area contributed by atoms with Gasteiger partial charge in [0.05, 0.1) is 17.3 Å². The molecule has 0 saturated carbocycles. The second kappa shape index (κ2) is 6.30. The van der Waals surface area contributed by atoms with Gasteiger partial charge in [0.15, 0.2) is 0 Å². The van der Waals surface area contributed by atoms with E-state index < -0.39 is 0 Å². The topological polar surface area (TPSA) is 32.3 Å². The molecular weight excluding hydrogens is 271 g/mol. The number of nitrogens with zero attached hydrogens (tertiary/aromatic N) is 1. The lowest BCUT2D eigenvalue weighted by Crippen LogP contribution is -2.39. The second-order valence-corrected chi connectivity index (χ2v) is 5.26. The van der Waals surface area contributed by atoms with Gasteiger partial charge >= 0.3 is 0 Å². The van der Waals surface area contributed by atoms with Crippen molar-refractivity contribution in [1.82, 2.24) is 4.90 Å². The van der Waals surface area contributed by atoms with Crippen LogP contribution in [-0.2, 0) is 4.79 Å². The molecule has 5 heteroatoms. The molecular formula is C13H16Cl2N2O. The van der Waals surface area contributed by atoms with Gasteiger partial charge in [0.1, 0.15) is 0 Å². The van der Waals surface area contributed by atoms with Gasteiger partial charge in [-0.1, -0.05) is 23.2 Å². The molecule has 0 radical (unpaired) electrons. The molecule has 18 heavy (non-hydrogen) atoms. The quantitative estimate of drug-likeness (QED) is 0.924. The molecule has 3 nitrogen and oxygen atoms in total. The van der Waals surface area contributed by atoms with Gasteiger partial charge in [-0.15, -0.1) is 0 Å². The molecule has 98 valence electrons. The fraction of sp³-hybridized carbons (Fsp3) is 0.462. The number of benzene rings is 1. The van der Waals surface area contributed by atoms with Crippen LogP contribution in [0.15, 0.2) is 18.2 Å². The van der Waals surface area contributed by atoms with Crippen LogP contribution in [0.1, 0.15) is 19.3 Å². The van der Waals surface area contributed by atoms with Crippen LogP contribution in [0.5, 0.6) is 0 Å². The van der Waals surface area contributed by atoms with Gasteiger partial charge in [-0.25, -0.2) is 0 Å². The number of carbonyl (C=O) groups is 1. The highest BCUT2D eigenvalue weighted by Crippen LogP contribution is 2.25. The number of hydrogen-bond donors (Lipinski definition) is 1. The van der Waals surface area contributed by atoms with Gasteiger partial charge in [0.2, 0.25) is 5.91 Å². The molecule has 1 fully saturated rings. The third-order valence-electron chi connectivity index (χ3n) is 3.07. The van der Waals surface area contributed by atoms with Crippen molar-refractivity contribution in [2.24, 2.45) is 0 Å². The zero-order valence-electron chi connectivity index (χ0n) is 10.1. The molecule has 1 heterocycles. The van der Waals surface area contributed by atoms with E-state index in [9.17, 15) is 4.79 Å². The third kappa shape index (κ3) is 3.53. The number of likely N-dealkylation sites (tertiary alicyclic amines) is 1. The molecule has 1 aliphatic heterocycles. The Morgan fingerprint density at radius 1 is 1.22 bits per heavy atom. The summed E-state index contributed by atoms with van der Waals surface area (Å²) in [6.45, 7) is 1.99. The summed E-state index contributed by atoms with van der Waals surface area (Å²) in [7, 11) is 0. The minimum atomic E-state index is 0.116. The van der Waals surface area contributed by atoms with Gasteiger partial charge in [-0.05, 0) is 37.5 Å². The van der Waals surface area contributed by atoms with E-state index in [0.29, 0.717) is 15.7 Å². The van der Waals surface area contributed by atoms with Crippen molar-refractivity contribution in [1.29, 1.82) is 0 Å². The first-order valence-corrected chi connectivity index (χ1v) is 6.89. The minimum Gasteiger partial charge on any atom is -0.375 e. The first-order chi connectivity index (χ1) is 8.66. The second-order valence-electron chi connectivity index (χ2n) is 4.42. The number of nitrogens with one attached hydrogen (secondary N) is 1. The lowest BCUT2D eigenvalue weighted by atomic mass is 10.1. The predicted molar refractivity (Wildman–Crippen MR) is 75.4 cm³/mol. The molecule has 1 N–H and O–H groups in total. The van der Waals surface area contributed by atoms with Gasteiger partial charge in [-0.2, -0.15) is 0 Å². The predicted octanol–water partition coefficient (Wildman–Crippen LogP) is 3.42. The van der Waals surface area contributed by atoms with Gasteiger partial charge in [0, 0.05) is 18.1 Å². The molecule has 0 spiro atoms. The largest absolute Gasteiger partial charge is 0.375 e. The third-order valence-corrected chi connectivity index (χ3v) is 3.63.